The highest BCUT2D eigenvalue weighted by molar-refractivity contribution is 9.10. The molecular weight excluding hydrogens is 350 g/mol. The summed E-state index contributed by atoms with van der Waals surface area (Å²) >= 11 is 9.56. The van der Waals surface area contributed by atoms with Gasteiger partial charge >= 0.3 is 0 Å². The number of alkyl halides is 2. The summed E-state index contributed by atoms with van der Waals surface area (Å²) < 4.78 is 27.3. The molecular formula is C14H12BrClF2N2. The van der Waals surface area contributed by atoms with Gasteiger partial charge in [0.2, 0.25) is 0 Å². The van der Waals surface area contributed by atoms with E-state index < -0.39 is 5.92 Å². The number of hydrogen-bond donors (Lipinski definition) is 0. The molecule has 106 valence electrons. The molecule has 0 atom stereocenters. The second-order valence-electron chi connectivity index (χ2n) is 4.96. The standard InChI is InChI=1S/C14H12BrClF2N2/c15-13-10-7-9(16)1-2-11(10)19-8-12(13)20-5-3-14(17,18)4-6-20/h1-2,7-8H,3-6H2. The summed E-state index contributed by atoms with van der Waals surface area (Å²) in [7, 11) is 0. The van der Waals surface area contributed by atoms with Crippen LogP contribution in [0.15, 0.2) is 28.9 Å². The topological polar surface area (TPSA) is 16.1 Å². The molecule has 0 N–H and O–H groups in total. The van der Waals surface area contributed by atoms with E-state index in [4.69, 9.17) is 11.6 Å². The highest BCUT2D eigenvalue weighted by atomic mass is 79.9. The number of rotatable bonds is 1. The average Bonchev–Trinajstić information content (AvgIpc) is 2.41. The molecule has 1 saturated heterocycles. The summed E-state index contributed by atoms with van der Waals surface area (Å²) in [5.74, 6) is -2.55. The lowest BCUT2D eigenvalue weighted by Gasteiger charge is -2.33. The van der Waals surface area contributed by atoms with Crippen LogP contribution in [0.3, 0.4) is 0 Å². The van der Waals surface area contributed by atoms with Crippen LogP contribution in [0.25, 0.3) is 10.9 Å². The van der Waals surface area contributed by atoms with Crippen molar-refractivity contribution in [3.05, 3.63) is 33.9 Å². The summed E-state index contributed by atoms with van der Waals surface area (Å²) in [5.41, 5.74) is 1.67. The van der Waals surface area contributed by atoms with Gasteiger partial charge in [0.15, 0.2) is 0 Å². The van der Waals surface area contributed by atoms with Crippen molar-refractivity contribution in [2.45, 2.75) is 18.8 Å². The quantitative estimate of drug-likeness (QED) is 0.719. The molecule has 0 unspecified atom stereocenters. The first kappa shape index (κ1) is 14.0. The highest BCUT2D eigenvalue weighted by Crippen LogP contribution is 2.37. The summed E-state index contributed by atoms with van der Waals surface area (Å²) in [5, 5.41) is 1.52. The number of piperidine rings is 1. The number of fused-ring (bicyclic) bond motifs is 1. The Labute approximate surface area is 128 Å². The van der Waals surface area contributed by atoms with E-state index in [1.54, 1.807) is 12.3 Å². The molecule has 1 aliphatic heterocycles. The van der Waals surface area contributed by atoms with Crippen molar-refractivity contribution < 1.29 is 8.78 Å². The summed E-state index contributed by atoms with van der Waals surface area (Å²) in [6, 6.07) is 5.46. The number of anilines is 1. The van der Waals surface area contributed by atoms with Crippen molar-refractivity contribution in [2.24, 2.45) is 0 Å². The van der Waals surface area contributed by atoms with Crippen LogP contribution in [-0.4, -0.2) is 24.0 Å². The monoisotopic (exact) mass is 360 g/mol. The molecule has 1 fully saturated rings. The van der Waals surface area contributed by atoms with Crippen molar-refractivity contribution in [1.29, 1.82) is 0 Å². The molecule has 2 nitrogen and oxygen atoms in total. The van der Waals surface area contributed by atoms with Gasteiger partial charge in [0.25, 0.3) is 5.92 Å². The minimum Gasteiger partial charge on any atom is -0.369 e. The summed E-state index contributed by atoms with van der Waals surface area (Å²) in [4.78, 5) is 6.32. The van der Waals surface area contributed by atoms with Gasteiger partial charge in [0.1, 0.15) is 0 Å². The predicted octanol–water partition coefficient (Wildman–Crippen LogP) is 4.89. The molecule has 0 aliphatic carbocycles. The van der Waals surface area contributed by atoms with E-state index >= 15 is 0 Å². The van der Waals surface area contributed by atoms with E-state index in [1.807, 2.05) is 17.0 Å². The van der Waals surface area contributed by atoms with Crippen LogP contribution in [0, 0.1) is 0 Å². The Kier molecular flexibility index (Phi) is 3.58. The lowest BCUT2D eigenvalue weighted by molar-refractivity contribution is -0.0220. The fourth-order valence-corrected chi connectivity index (χ4v) is 3.26. The minimum absolute atomic E-state index is 0.118. The van der Waals surface area contributed by atoms with Crippen molar-refractivity contribution in [2.75, 3.05) is 18.0 Å². The Balaban J connectivity index is 1.98. The van der Waals surface area contributed by atoms with Gasteiger partial charge in [-0.1, -0.05) is 11.6 Å². The van der Waals surface area contributed by atoms with Gasteiger partial charge < -0.3 is 4.90 Å². The highest BCUT2D eigenvalue weighted by Gasteiger charge is 2.34. The maximum Gasteiger partial charge on any atom is 0.251 e. The zero-order valence-electron chi connectivity index (χ0n) is 10.5. The van der Waals surface area contributed by atoms with E-state index in [0.29, 0.717) is 18.1 Å². The number of nitrogens with zero attached hydrogens (tertiary/aromatic N) is 2. The van der Waals surface area contributed by atoms with Crippen molar-refractivity contribution in [3.63, 3.8) is 0 Å². The van der Waals surface area contributed by atoms with Crippen LogP contribution in [-0.2, 0) is 0 Å². The molecule has 0 spiro atoms. The van der Waals surface area contributed by atoms with Crippen LogP contribution in [0.2, 0.25) is 5.02 Å². The van der Waals surface area contributed by atoms with E-state index in [0.717, 1.165) is 21.1 Å². The number of hydrogen-bond acceptors (Lipinski definition) is 2. The lowest BCUT2D eigenvalue weighted by atomic mass is 10.1. The molecule has 1 aromatic heterocycles. The molecule has 3 rings (SSSR count). The number of benzene rings is 1. The summed E-state index contributed by atoms with van der Waals surface area (Å²) in [6.45, 7) is 0.665. The Morgan fingerprint density at radius 2 is 1.95 bits per heavy atom. The molecule has 0 saturated carbocycles. The van der Waals surface area contributed by atoms with Gasteiger partial charge in [-0.2, -0.15) is 0 Å². The van der Waals surface area contributed by atoms with E-state index in [-0.39, 0.29) is 12.8 Å². The predicted molar refractivity (Wildman–Crippen MR) is 80.8 cm³/mol. The molecule has 1 aromatic carbocycles. The Morgan fingerprint density at radius 3 is 2.65 bits per heavy atom. The van der Waals surface area contributed by atoms with Crippen molar-refractivity contribution in [1.82, 2.24) is 4.98 Å². The van der Waals surface area contributed by atoms with Crippen LogP contribution in [0.5, 0.6) is 0 Å². The second-order valence-corrected chi connectivity index (χ2v) is 6.19. The molecule has 0 bridgehead atoms. The number of halogens is 4. The lowest BCUT2D eigenvalue weighted by Crippen LogP contribution is -2.39. The maximum atomic E-state index is 13.2. The largest absolute Gasteiger partial charge is 0.369 e. The zero-order chi connectivity index (χ0) is 14.3. The van der Waals surface area contributed by atoms with E-state index in [9.17, 15) is 8.78 Å². The van der Waals surface area contributed by atoms with Gasteiger partial charge in [-0.25, -0.2) is 8.78 Å². The molecule has 1 aliphatic rings. The normalized spacial score (nSPS) is 18.5. The minimum atomic E-state index is -2.55. The molecule has 20 heavy (non-hydrogen) atoms. The maximum absolute atomic E-state index is 13.2. The molecule has 2 aromatic rings. The number of aromatic nitrogens is 1. The Bertz CT molecular complexity index is 653. The van der Waals surface area contributed by atoms with E-state index in [2.05, 4.69) is 20.9 Å². The fraction of sp³-hybridized carbons (Fsp3) is 0.357. The van der Waals surface area contributed by atoms with Crippen molar-refractivity contribution in [3.8, 4) is 0 Å². The fourth-order valence-electron chi connectivity index (χ4n) is 2.42. The molecule has 6 heteroatoms. The first-order valence-electron chi connectivity index (χ1n) is 6.33. The average molecular weight is 362 g/mol. The van der Waals surface area contributed by atoms with Crippen LogP contribution < -0.4 is 4.90 Å². The van der Waals surface area contributed by atoms with Crippen molar-refractivity contribution >= 4 is 44.1 Å². The summed E-state index contributed by atoms with van der Waals surface area (Å²) in [6.07, 6.45) is 1.49. The van der Waals surface area contributed by atoms with Gasteiger partial charge in [-0.05, 0) is 34.1 Å². The van der Waals surface area contributed by atoms with E-state index in [1.165, 1.54) is 0 Å². The third kappa shape index (κ3) is 2.61. The van der Waals surface area contributed by atoms with Crippen LogP contribution in [0.1, 0.15) is 12.8 Å². The zero-order valence-corrected chi connectivity index (χ0v) is 12.9. The number of pyridine rings is 1. The smallest absolute Gasteiger partial charge is 0.251 e. The van der Waals surface area contributed by atoms with Gasteiger partial charge in [-0.15, -0.1) is 0 Å². The first-order valence-corrected chi connectivity index (χ1v) is 7.50. The van der Waals surface area contributed by atoms with Gasteiger partial charge in [-0.3, -0.25) is 4.98 Å². The third-order valence-corrected chi connectivity index (χ3v) is 4.65. The Hall–Kier alpha value is -0.940. The van der Waals surface area contributed by atoms with Gasteiger partial charge in [0, 0.05) is 36.3 Å². The second kappa shape index (κ2) is 5.11. The van der Waals surface area contributed by atoms with Crippen LogP contribution >= 0.6 is 27.5 Å². The van der Waals surface area contributed by atoms with Gasteiger partial charge in [0.05, 0.1) is 21.9 Å². The SMILES string of the molecule is FC1(F)CCN(c2cnc3ccc(Cl)cc3c2Br)CC1. The first-order chi connectivity index (χ1) is 9.46. The third-order valence-electron chi connectivity index (χ3n) is 3.58. The van der Waals surface area contributed by atoms with Crippen LogP contribution in [0.4, 0.5) is 14.5 Å². The molecule has 2 heterocycles. The molecule has 0 amide bonds. The molecule has 0 radical (unpaired) electrons. The Morgan fingerprint density at radius 1 is 1.25 bits per heavy atom.